The van der Waals surface area contributed by atoms with Crippen LogP contribution in [0.2, 0.25) is 0 Å². The van der Waals surface area contributed by atoms with Crippen LogP contribution in [-0.2, 0) is 10.0 Å². The Morgan fingerprint density at radius 2 is 1.22 bits per heavy atom. The molecule has 32 heavy (non-hydrogen) atoms. The molecule has 0 aliphatic heterocycles. The Kier molecular flexibility index (Phi) is 6.05. The molecule has 0 radical (unpaired) electrons. The highest BCUT2D eigenvalue weighted by molar-refractivity contribution is 7.93. The van der Waals surface area contributed by atoms with E-state index in [9.17, 15) is 13.2 Å². The van der Waals surface area contributed by atoms with Crippen molar-refractivity contribution in [2.24, 2.45) is 0 Å². The number of rotatable bonds is 6. The molecule has 0 aliphatic rings. The number of sulfonamides is 1. The average Bonchev–Trinajstić information content (AvgIpc) is 2.85. The summed E-state index contributed by atoms with van der Waals surface area (Å²) in [6.07, 6.45) is 0. The molecule has 6 heteroatoms. The summed E-state index contributed by atoms with van der Waals surface area (Å²) in [7, 11) is -2.62. The summed E-state index contributed by atoms with van der Waals surface area (Å²) in [5.41, 5.74) is 2.44. The maximum absolute atomic E-state index is 13.5. The first kappa shape index (κ1) is 21.3. The van der Waals surface area contributed by atoms with Crippen LogP contribution in [0.3, 0.4) is 0 Å². The summed E-state index contributed by atoms with van der Waals surface area (Å²) in [6.45, 7) is 0. The summed E-state index contributed by atoms with van der Waals surface area (Å²) < 4.78 is 32.9. The summed E-state index contributed by atoms with van der Waals surface area (Å²) in [6, 6.07) is 30.9. The van der Waals surface area contributed by atoms with Gasteiger partial charge in [-0.05, 0) is 59.7 Å². The molecule has 4 rings (SSSR count). The maximum atomic E-state index is 13.5. The van der Waals surface area contributed by atoms with Crippen LogP contribution in [-0.4, -0.2) is 21.4 Å². The van der Waals surface area contributed by atoms with E-state index >= 15 is 0 Å². The molecule has 0 saturated carbocycles. The van der Waals surface area contributed by atoms with E-state index < -0.39 is 15.9 Å². The Hall–Kier alpha value is -3.90. The Bertz CT molecular complexity index is 1300. The number of methoxy groups -OCH3 is 1. The standard InChI is InChI=1S/C26H21NO4S/c1-31-24-18-16-23(17-19-24)27(32(29,30)25-10-6-3-7-11-25)26(28)22-14-12-21(13-15-22)20-8-4-2-5-9-20/h2-19H,1H3. The van der Waals surface area contributed by atoms with E-state index in [1.165, 1.54) is 19.2 Å². The molecule has 0 N–H and O–H groups in total. The Balaban J connectivity index is 1.76. The molecule has 0 unspecified atom stereocenters. The zero-order chi connectivity index (χ0) is 22.6. The minimum atomic E-state index is -4.14. The van der Waals surface area contributed by atoms with Crippen molar-refractivity contribution >= 4 is 21.6 Å². The molecule has 4 aromatic carbocycles. The van der Waals surface area contributed by atoms with Crippen molar-refractivity contribution in [3.05, 3.63) is 115 Å². The fourth-order valence-corrected chi connectivity index (χ4v) is 4.77. The van der Waals surface area contributed by atoms with E-state index in [2.05, 4.69) is 0 Å². The van der Waals surface area contributed by atoms with Crippen molar-refractivity contribution in [3.63, 3.8) is 0 Å². The van der Waals surface area contributed by atoms with Gasteiger partial charge in [0, 0.05) is 5.56 Å². The molecule has 5 nitrogen and oxygen atoms in total. The largest absolute Gasteiger partial charge is 0.497 e. The van der Waals surface area contributed by atoms with Crippen LogP contribution in [0.5, 0.6) is 5.75 Å². The van der Waals surface area contributed by atoms with Crippen LogP contribution in [0.25, 0.3) is 11.1 Å². The third-order valence-corrected chi connectivity index (χ3v) is 6.74. The molecule has 0 bridgehead atoms. The molecular weight excluding hydrogens is 422 g/mol. The SMILES string of the molecule is COc1ccc(N(C(=O)c2ccc(-c3ccccc3)cc2)S(=O)(=O)c2ccccc2)cc1. The second kappa shape index (κ2) is 9.08. The van der Waals surface area contributed by atoms with Gasteiger partial charge >= 0.3 is 0 Å². The van der Waals surface area contributed by atoms with Gasteiger partial charge in [-0.2, -0.15) is 4.31 Å². The monoisotopic (exact) mass is 443 g/mol. The third-order valence-electron chi connectivity index (χ3n) is 5.01. The van der Waals surface area contributed by atoms with Crippen molar-refractivity contribution in [2.45, 2.75) is 4.90 Å². The smallest absolute Gasteiger partial charge is 0.272 e. The lowest BCUT2D eigenvalue weighted by Crippen LogP contribution is -2.37. The van der Waals surface area contributed by atoms with E-state index in [1.54, 1.807) is 54.6 Å². The lowest BCUT2D eigenvalue weighted by atomic mass is 10.0. The number of ether oxygens (including phenoxy) is 1. The van der Waals surface area contributed by atoms with Crippen molar-refractivity contribution in [1.29, 1.82) is 0 Å². The van der Waals surface area contributed by atoms with Gasteiger partial charge in [-0.1, -0.05) is 60.7 Å². The van der Waals surface area contributed by atoms with Gasteiger partial charge in [-0.25, -0.2) is 8.42 Å². The lowest BCUT2D eigenvalue weighted by Gasteiger charge is -2.23. The number of amides is 1. The highest BCUT2D eigenvalue weighted by atomic mass is 32.2. The minimum absolute atomic E-state index is 0.0325. The number of nitrogens with zero attached hydrogens (tertiary/aromatic N) is 1. The van der Waals surface area contributed by atoms with Gasteiger partial charge in [0.1, 0.15) is 5.75 Å². The molecule has 0 heterocycles. The zero-order valence-corrected chi connectivity index (χ0v) is 18.2. The number of carbonyl (C=O) groups excluding carboxylic acids is 1. The van der Waals surface area contributed by atoms with Crippen molar-refractivity contribution in [2.75, 3.05) is 11.4 Å². The summed E-state index contributed by atoms with van der Waals surface area (Å²) in [4.78, 5) is 13.5. The molecule has 0 aromatic heterocycles. The topological polar surface area (TPSA) is 63.7 Å². The molecule has 0 spiro atoms. The molecule has 0 atom stereocenters. The van der Waals surface area contributed by atoms with Crippen molar-refractivity contribution in [3.8, 4) is 16.9 Å². The lowest BCUT2D eigenvalue weighted by molar-refractivity contribution is 0.101. The summed E-state index contributed by atoms with van der Waals surface area (Å²) >= 11 is 0. The first-order chi connectivity index (χ1) is 15.5. The number of benzene rings is 4. The van der Waals surface area contributed by atoms with E-state index in [0.29, 0.717) is 5.75 Å². The van der Waals surface area contributed by atoms with Crippen LogP contribution in [0.15, 0.2) is 114 Å². The summed E-state index contributed by atoms with van der Waals surface area (Å²) in [5, 5.41) is 0. The van der Waals surface area contributed by atoms with Crippen LogP contribution in [0.4, 0.5) is 5.69 Å². The summed E-state index contributed by atoms with van der Waals surface area (Å²) in [5.74, 6) is -0.0795. The number of hydrogen-bond acceptors (Lipinski definition) is 4. The van der Waals surface area contributed by atoms with E-state index in [4.69, 9.17) is 4.74 Å². The first-order valence-electron chi connectivity index (χ1n) is 9.95. The second-order valence-electron chi connectivity index (χ2n) is 7.03. The predicted octanol–water partition coefficient (Wildman–Crippen LogP) is 5.40. The van der Waals surface area contributed by atoms with Crippen LogP contribution >= 0.6 is 0 Å². The molecule has 4 aromatic rings. The predicted molar refractivity (Wildman–Crippen MR) is 125 cm³/mol. The van der Waals surface area contributed by atoms with E-state index in [0.717, 1.165) is 15.4 Å². The Morgan fingerprint density at radius 3 is 1.78 bits per heavy atom. The quantitative estimate of drug-likeness (QED) is 0.400. The van der Waals surface area contributed by atoms with Crippen molar-refractivity contribution in [1.82, 2.24) is 0 Å². The molecule has 1 amide bonds. The van der Waals surface area contributed by atoms with Crippen molar-refractivity contribution < 1.29 is 17.9 Å². The normalized spacial score (nSPS) is 11.0. The van der Waals surface area contributed by atoms with Gasteiger partial charge in [0.15, 0.2) is 0 Å². The number of carbonyl (C=O) groups is 1. The first-order valence-corrected chi connectivity index (χ1v) is 11.4. The number of anilines is 1. The molecular formula is C26H21NO4S. The van der Waals surface area contributed by atoms with Gasteiger partial charge in [0.25, 0.3) is 15.9 Å². The fraction of sp³-hybridized carbons (Fsp3) is 0.0385. The van der Waals surface area contributed by atoms with Gasteiger partial charge in [0.2, 0.25) is 0 Å². The fourth-order valence-electron chi connectivity index (χ4n) is 3.33. The molecule has 0 aliphatic carbocycles. The van der Waals surface area contributed by atoms with Crippen LogP contribution < -0.4 is 9.04 Å². The van der Waals surface area contributed by atoms with Gasteiger partial charge in [-0.15, -0.1) is 0 Å². The highest BCUT2D eigenvalue weighted by Crippen LogP contribution is 2.28. The van der Waals surface area contributed by atoms with Gasteiger partial charge in [0.05, 0.1) is 17.7 Å². The Labute approximate surface area is 187 Å². The third kappa shape index (κ3) is 4.26. The molecule has 0 saturated heterocycles. The molecule has 0 fully saturated rings. The van der Waals surface area contributed by atoms with E-state index in [1.807, 2.05) is 42.5 Å². The van der Waals surface area contributed by atoms with Gasteiger partial charge in [-0.3, -0.25) is 4.79 Å². The zero-order valence-electron chi connectivity index (χ0n) is 17.4. The minimum Gasteiger partial charge on any atom is -0.497 e. The second-order valence-corrected chi connectivity index (χ2v) is 8.82. The van der Waals surface area contributed by atoms with Gasteiger partial charge < -0.3 is 4.74 Å². The highest BCUT2D eigenvalue weighted by Gasteiger charge is 2.31. The van der Waals surface area contributed by atoms with Crippen LogP contribution in [0.1, 0.15) is 10.4 Å². The number of hydrogen-bond donors (Lipinski definition) is 0. The molecule has 160 valence electrons. The van der Waals surface area contributed by atoms with Crippen LogP contribution in [0, 0.1) is 0 Å². The van der Waals surface area contributed by atoms with E-state index in [-0.39, 0.29) is 16.1 Å². The Morgan fingerprint density at radius 1 is 0.688 bits per heavy atom. The maximum Gasteiger partial charge on any atom is 0.272 e. The average molecular weight is 444 g/mol.